The summed E-state index contributed by atoms with van der Waals surface area (Å²) in [6.45, 7) is 2.09. The first-order chi connectivity index (χ1) is 8.56. The molecule has 0 aliphatic heterocycles. The van der Waals surface area contributed by atoms with Gasteiger partial charge in [0.15, 0.2) is 0 Å². The van der Waals surface area contributed by atoms with E-state index in [2.05, 4.69) is 87.9 Å². The summed E-state index contributed by atoms with van der Waals surface area (Å²) in [6.07, 6.45) is 0.873. The Bertz CT molecular complexity index is 537. The topological polar surface area (TPSA) is 26.0 Å². The van der Waals surface area contributed by atoms with Gasteiger partial charge >= 0.3 is 0 Å². The Morgan fingerprint density at radius 1 is 1.17 bits per heavy atom. The van der Waals surface area contributed by atoms with Gasteiger partial charge in [0, 0.05) is 14.1 Å². The monoisotopic (exact) mass is 415 g/mol. The van der Waals surface area contributed by atoms with Crippen molar-refractivity contribution in [2.24, 2.45) is 5.73 Å². The molecule has 0 radical (unpaired) electrons. The van der Waals surface area contributed by atoms with Crippen LogP contribution >= 0.6 is 38.5 Å². The molecule has 18 heavy (non-hydrogen) atoms. The van der Waals surface area contributed by atoms with Crippen molar-refractivity contribution in [3.8, 4) is 0 Å². The van der Waals surface area contributed by atoms with Gasteiger partial charge in [0.25, 0.3) is 0 Å². The minimum atomic E-state index is 0.0526. The zero-order valence-electron chi connectivity index (χ0n) is 10.2. The molecule has 0 aliphatic rings. The molecule has 0 bridgehead atoms. The standard InChI is InChI=1S/C15H15BrIN/c1-10-8-12(4-7-14(10)16)15(18)9-11-2-5-13(17)6-3-11/h2-8,15H,9,18H2,1H3. The second kappa shape index (κ2) is 6.17. The van der Waals surface area contributed by atoms with Crippen molar-refractivity contribution in [3.63, 3.8) is 0 Å². The van der Waals surface area contributed by atoms with Crippen molar-refractivity contribution in [3.05, 3.63) is 67.2 Å². The van der Waals surface area contributed by atoms with Gasteiger partial charge in [0.1, 0.15) is 0 Å². The Hall–Kier alpha value is -0.390. The van der Waals surface area contributed by atoms with Gasteiger partial charge < -0.3 is 5.73 Å². The molecule has 0 aromatic heterocycles. The number of nitrogens with two attached hydrogens (primary N) is 1. The first-order valence-corrected chi connectivity index (χ1v) is 7.69. The lowest BCUT2D eigenvalue weighted by molar-refractivity contribution is 0.721. The average Bonchev–Trinajstić information content (AvgIpc) is 2.35. The molecular formula is C15H15BrIN. The fourth-order valence-electron chi connectivity index (χ4n) is 1.89. The van der Waals surface area contributed by atoms with Crippen LogP contribution in [-0.4, -0.2) is 0 Å². The van der Waals surface area contributed by atoms with Gasteiger partial charge in [-0.25, -0.2) is 0 Å². The predicted molar refractivity (Wildman–Crippen MR) is 88.7 cm³/mol. The van der Waals surface area contributed by atoms with E-state index in [4.69, 9.17) is 5.73 Å². The number of hydrogen-bond acceptors (Lipinski definition) is 1. The third-order valence-corrected chi connectivity index (χ3v) is 4.59. The smallest absolute Gasteiger partial charge is 0.0335 e. The molecule has 1 nitrogen and oxygen atoms in total. The van der Waals surface area contributed by atoms with E-state index in [9.17, 15) is 0 Å². The van der Waals surface area contributed by atoms with Crippen LogP contribution < -0.4 is 5.73 Å². The molecule has 0 saturated carbocycles. The third-order valence-electron chi connectivity index (χ3n) is 2.98. The number of rotatable bonds is 3. The second-order valence-corrected chi connectivity index (χ2v) is 6.55. The van der Waals surface area contributed by atoms with Crippen molar-refractivity contribution < 1.29 is 0 Å². The first kappa shape index (κ1) is 14.0. The molecule has 2 N–H and O–H groups in total. The lowest BCUT2D eigenvalue weighted by Gasteiger charge is -2.13. The molecule has 1 atom stereocenters. The summed E-state index contributed by atoms with van der Waals surface area (Å²) in [7, 11) is 0. The molecule has 3 heteroatoms. The minimum Gasteiger partial charge on any atom is -0.324 e. The molecule has 2 aromatic rings. The first-order valence-electron chi connectivity index (χ1n) is 5.82. The van der Waals surface area contributed by atoms with Crippen molar-refractivity contribution in [2.45, 2.75) is 19.4 Å². The van der Waals surface area contributed by atoms with Gasteiger partial charge in [0.05, 0.1) is 0 Å². The van der Waals surface area contributed by atoms with Crippen molar-refractivity contribution in [2.75, 3.05) is 0 Å². The maximum Gasteiger partial charge on any atom is 0.0335 e. The average molecular weight is 416 g/mol. The van der Waals surface area contributed by atoms with Crippen LogP contribution in [0, 0.1) is 10.5 Å². The summed E-state index contributed by atoms with van der Waals surface area (Å²) >= 11 is 5.82. The summed E-state index contributed by atoms with van der Waals surface area (Å²) in [5.41, 5.74) is 9.96. The van der Waals surface area contributed by atoms with Gasteiger partial charge in [0.2, 0.25) is 0 Å². The van der Waals surface area contributed by atoms with Crippen molar-refractivity contribution in [1.29, 1.82) is 0 Å². The highest BCUT2D eigenvalue weighted by atomic mass is 127. The van der Waals surface area contributed by atoms with E-state index in [1.54, 1.807) is 0 Å². The summed E-state index contributed by atoms with van der Waals surface area (Å²) < 4.78 is 2.39. The molecule has 0 heterocycles. The van der Waals surface area contributed by atoms with E-state index in [0.717, 1.165) is 10.9 Å². The summed E-state index contributed by atoms with van der Waals surface area (Å²) in [5.74, 6) is 0. The van der Waals surface area contributed by atoms with E-state index in [1.807, 2.05) is 0 Å². The van der Waals surface area contributed by atoms with E-state index < -0.39 is 0 Å². The zero-order chi connectivity index (χ0) is 13.1. The molecule has 0 spiro atoms. The largest absolute Gasteiger partial charge is 0.324 e. The maximum absolute atomic E-state index is 6.27. The Kier molecular flexibility index (Phi) is 4.81. The highest BCUT2D eigenvalue weighted by Gasteiger charge is 2.08. The SMILES string of the molecule is Cc1cc(C(N)Cc2ccc(I)cc2)ccc1Br. The van der Waals surface area contributed by atoms with Crippen LogP contribution in [0.3, 0.4) is 0 Å². The predicted octanol–water partition coefficient (Wildman–Crippen LogP) is 4.60. The Morgan fingerprint density at radius 2 is 1.83 bits per heavy atom. The van der Waals surface area contributed by atoms with Crippen LogP contribution in [-0.2, 0) is 6.42 Å². The molecule has 0 amide bonds. The normalized spacial score (nSPS) is 12.4. The van der Waals surface area contributed by atoms with Crippen LogP contribution in [0.25, 0.3) is 0 Å². The minimum absolute atomic E-state index is 0.0526. The van der Waals surface area contributed by atoms with E-state index in [0.29, 0.717) is 0 Å². The molecule has 0 saturated heterocycles. The highest BCUT2D eigenvalue weighted by molar-refractivity contribution is 14.1. The molecule has 0 fully saturated rings. The zero-order valence-corrected chi connectivity index (χ0v) is 13.9. The second-order valence-electron chi connectivity index (χ2n) is 4.45. The van der Waals surface area contributed by atoms with Crippen LogP contribution in [0.4, 0.5) is 0 Å². The number of benzene rings is 2. The van der Waals surface area contributed by atoms with E-state index in [-0.39, 0.29) is 6.04 Å². The van der Waals surface area contributed by atoms with Gasteiger partial charge in [-0.2, -0.15) is 0 Å². The summed E-state index contributed by atoms with van der Waals surface area (Å²) in [6, 6.07) is 14.9. The number of hydrogen-bond donors (Lipinski definition) is 1. The molecule has 2 rings (SSSR count). The van der Waals surface area contributed by atoms with Gasteiger partial charge in [-0.15, -0.1) is 0 Å². The van der Waals surface area contributed by atoms with Crippen molar-refractivity contribution in [1.82, 2.24) is 0 Å². The van der Waals surface area contributed by atoms with Gasteiger partial charge in [-0.3, -0.25) is 0 Å². The maximum atomic E-state index is 6.27. The van der Waals surface area contributed by atoms with Crippen LogP contribution in [0.2, 0.25) is 0 Å². The Morgan fingerprint density at radius 3 is 2.44 bits per heavy atom. The fourth-order valence-corrected chi connectivity index (χ4v) is 2.50. The number of halogens is 2. The van der Waals surface area contributed by atoms with Gasteiger partial charge in [-0.05, 0) is 70.8 Å². The lowest BCUT2D eigenvalue weighted by atomic mass is 9.98. The van der Waals surface area contributed by atoms with Gasteiger partial charge in [-0.1, -0.05) is 40.2 Å². The highest BCUT2D eigenvalue weighted by Crippen LogP contribution is 2.22. The quantitative estimate of drug-likeness (QED) is 0.728. The molecule has 2 aromatic carbocycles. The van der Waals surface area contributed by atoms with Crippen LogP contribution in [0.1, 0.15) is 22.7 Å². The summed E-state index contributed by atoms with van der Waals surface area (Å²) in [4.78, 5) is 0. The Balaban J connectivity index is 2.13. The lowest BCUT2D eigenvalue weighted by Crippen LogP contribution is -2.13. The Labute approximate surface area is 130 Å². The fraction of sp³-hybridized carbons (Fsp3) is 0.200. The summed E-state index contributed by atoms with van der Waals surface area (Å²) in [5, 5.41) is 0. The molecule has 94 valence electrons. The third kappa shape index (κ3) is 3.56. The molecule has 0 aliphatic carbocycles. The molecular weight excluding hydrogens is 401 g/mol. The van der Waals surface area contributed by atoms with E-state index >= 15 is 0 Å². The molecule has 1 unspecified atom stereocenters. The van der Waals surface area contributed by atoms with Crippen molar-refractivity contribution >= 4 is 38.5 Å². The number of aryl methyl sites for hydroxylation is 1. The van der Waals surface area contributed by atoms with Crippen LogP contribution in [0.15, 0.2) is 46.9 Å². The van der Waals surface area contributed by atoms with Crippen LogP contribution in [0.5, 0.6) is 0 Å². The van der Waals surface area contributed by atoms with E-state index in [1.165, 1.54) is 20.3 Å².